The smallest absolute Gasteiger partial charge is 0.225 e. The number of anilines is 1. The molecule has 0 saturated carbocycles. The van der Waals surface area contributed by atoms with Gasteiger partial charge in [-0.05, 0) is 24.1 Å². The number of hydrogen-bond acceptors (Lipinski definition) is 2. The van der Waals surface area contributed by atoms with E-state index in [2.05, 4.69) is 39.1 Å². The first kappa shape index (κ1) is 17.0. The summed E-state index contributed by atoms with van der Waals surface area (Å²) in [6.07, 6.45) is 0.488. The molecule has 1 atom stereocenters. The summed E-state index contributed by atoms with van der Waals surface area (Å²) in [7, 11) is 0. The maximum absolute atomic E-state index is 11.9. The lowest BCUT2D eigenvalue weighted by Crippen LogP contribution is -2.40. The lowest BCUT2D eigenvalue weighted by atomic mass is 9.90. The van der Waals surface area contributed by atoms with Crippen molar-refractivity contribution >= 4 is 17.6 Å². The molecule has 3 rings (SSSR count). The first-order chi connectivity index (χ1) is 12.3. The Bertz CT molecular complexity index is 742. The molecule has 25 heavy (non-hydrogen) atoms. The number of nitrogens with one attached hydrogen (secondary N) is 3. The highest BCUT2D eigenvalue weighted by Gasteiger charge is 2.24. The molecule has 0 fully saturated rings. The Labute approximate surface area is 148 Å². The van der Waals surface area contributed by atoms with Gasteiger partial charge in [0.25, 0.3) is 0 Å². The van der Waals surface area contributed by atoms with Gasteiger partial charge in [0.15, 0.2) is 5.96 Å². The fraction of sp³-hybridized carbons (Fsp3) is 0.300. The van der Waals surface area contributed by atoms with Crippen LogP contribution < -0.4 is 16.0 Å². The van der Waals surface area contributed by atoms with E-state index in [1.54, 1.807) is 0 Å². The van der Waals surface area contributed by atoms with Crippen LogP contribution >= 0.6 is 0 Å². The van der Waals surface area contributed by atoms with E-state index >= 15 is 0 Å². The van der Waals surface area contributed by atoms with Gasteiger partial charge in [0, 0.05) is 31.1 Å². The van der Waals surface area contributed by atoms with Crippen molar-refractivity contribution in [1.82, 2.24) is 10.6 Å². The molecule has 0 radical (unpaired) electrons. The summed E-state index contributed by atoms with van der Waals surface area (Å²) in [5.74, 6) is 0.983. The maximum atomic E-state index is 11.9. The molecule has 1 unspecified atom stereocenters. The summed E-state index contributed by atoms with van der Waals surface area (Å²) in [5, 5.41) is 9.58. The largest absolute Gasteiger partial charge is 0.357 e. The van der Waals surface area contributed by atoms with Gasteiger partial charge >= 0.3 is 0 Å². The molecule has 2 aromatic carbocycles. The highest BCUT2D eigenvalue weighted by atomic mass is 16.1. The predicted octanol–water partition coefficient (Wildman–Crippen LogP) is 2.87. The topological polar surface area (TPSA) is 65.5 Å². The molecular formula is C20H24N4O. The van der Waals surface area contributed by atoms with Crippen LogP contribution in [0.2, 0.25) is 0 Å². The molecule has 0 aromatic heterocycles. The van der Waals surface area contributed by atoms with E-state index in [4.69, 9.17) is 0 Å². The number of nitrogens with zero attached hydrogens (tertiary/aromatic N) is 1. The molecule has 0 aliphatic carbocycles. The Balaban J connectivity index is 1.66. The highest BCUT2D eigenvalue weighted by molar-refractivity contribution is 5.94. The van der Waals surface area contributed by atoms with Crippen molar-refractivity contribution in [2.24, 2.45) is 4.99 Å². The Hall–Kier alpha value is -2.82. The fourth-order valence-electron chi connectivity index (χ4n) is 3.00. The van der Waals surface area contributed by atoms with Crippen LogP contribution in [-0.2, 0) is 11.3 Å². The third-order valence-corrected chi connectivity index (χ3v) is 4.23. The summed E-state index contributed by atoms with van der Waals surface area (Å²) in [4.78, 5) is 16.6. The number of carbonyl (C=O) groups excluding carboxylic acids is 1. The minimum atomic E-state index is 0.0664. The number of para-hydroxylation sites is 1. The van der Waals surface area contributed by atoms with Gasteiger partial charge in [0.05, 0.1) is 6.54 Å². The van der Waals surface area contributed by atoms with Gasteiger partial charge < -0.3 is 16.0 Å². The second-order valence-corrected chi connectivity index (χ2v) is 6.10. The van der Waals surface area contributed by atoms with Crippen LogP contribution in [0.3, 0.4) is 0 Å². The van der Waals surface area contributed by atoms with Crippen LogP contribution in [0.1, 0.15) is 30.4 Å². The van der Waals surface area contributed by atoms with E-state index in [1.165, 1.54) is 11.1 Å². The van der Waals surface area contributed by atoms with Crippen molar-refractivity contribution in [1.29, 1.82) is 0 Å². The molecular weight excluding hydrogens is 312 g/mol. The molecule has 5 nitrogen and oxygen atoms in total. The van der Waals surface area contributed by atoms with E-state index in [1.807, 2.05) is 43.3 Å². The van der Waals surface area contributed by atoms with Gasteiger partial charge in [-0.1, -0.05) is 48.5 Å². The van der Waals surface area contributed by atoms with Crippen LogP contribution in [0.25, 0.3) is 0 Å². The van der Waals surface area contributed by atoms with Crippen LogP contribution in [0.4, 0.5) is 5.69 Å². The maximum Gasteiger partial charge on any atom is 0.225 e. The molecule has 1 amide bonds. The number of amides is 1. The molecule has 0 bridgehead atoms. The SMILES string of the molecule is CCNC(=NCc1ccccc1)NCC1CC(=O)Nc2ccccc21. The fourth-order valence-corrected chi connectivity index (χ4v) is 3.00. The van der Waals surface area contributed by atoms with E-state index in [-0.39, 0.29) is 11.8 Å². The first-order valence-electron chi connectivity index (χ1n) is 8.71. The van der Waals surface area contributed by atoms with Crippen LogP contribution in [0.15, 0.2) is 59.6 Å². The third kappa shape index (κ3) is 4.59. The van der Waals surface area contributed by atoms with E-state index < -0.39 is 0 Å². The number of carbonyl (C=O) groups is 1. The zero-order valence-electron chi connectivity index (χ0n) is 14.5. The van der Waals surface area contributed by atoms with Crippen molar-refractivity contribution in [3.63, 3.8) is 0 Å². The average molecular weight is 336 g/mol. The molecule has 130 valence electrons. The molecule has 2 aromatic rings. The van der Waals surface area contributed by atoms with Crippen molar-refractivity contribution in [3.05, 3.63) is 65.7 Å². The van der Waals surface area contributed by atoms with Gasteiger partial charge in [-0.25, -0.2) is 4.99 Å². The summed E-state index contributed by atoms with van der Waals surface area (Å²) >= 11 is 0. The normalized spacial score (nSPS) is 16.8. The summed E-state index contributed by atoms with van der Waals surface area (Å²) in [6.45, 7) is 4.13. The first-order valence-corrected chi connectivity index (χ1v) is 8.71. The minimum Gasteiger partial charge on any atom is -0.357 e. The summed E-state index contributed by atoms with van der Waals surface area (Å²) in [6, 6.07) is 18.2. The Morgan fingerprint density at radius 1 is 1.12 bits per heavy atom. The highest BCUT2D eigenvalue weighted by Crippen LogP contribution is 2.31. The quantitative estimate of drug-likeness (QED) is 0.581. The van der Waals surface area contributed by atoms with Crippen LogP contribution in [0, 0.1) is 0 Å². The molecule has 5 heteroatoms. The van der Waals surface area contributed by atoms with Crippen molar-refractivity contribution in [2.75, 3.05) is 18.4 Å². The lowest BCUT2D eigenvalue weighted by molar-refractivity contribution is -0.116. The molecule has 1 aliphatic heterocycles. The second-order valence-electron chi connectivity index (χ2n) is 6.10. The molecule has 1 heterocycles. The third-order valence-electron chi connectivity index (χ3n) is 4.23. The van der Waals surface area contributed by atoms with Gasteiger partial charge in [-0.15, -0.1) is 0 Å². The van der Waals surface area contributed by atoms with E-state index in [0.717, 1.165) is 18.2 Å². The molecule has 1 aliphatic rings. The molecule has 3 N–H and O–H groups in total. The monoisotopic (exact) mass is 336 g/mol. The van der Waals surface area contributed by atoms with Crippen molar-refractivity contribution in [3.8, 4) is 0 Å². The van der Waals surface area contributed by atoms with E-state index in [0.29, 0.717) is 19.5 Å². The van der Waals surface area contributed by atoms with Crippen LogP contribution in [0.5, 0.6) is 0 Å². The van der Waals surface area contributed by atoms with Crippen LogP contribution in [-0.4, -0.2) is 25.0 Å². The van der Waals surface area contributed by atoms with Gasteiger partial charge in [0.1, 0.15) is 0 Å². The number of benzene rings is 2. The molecule has 0 spiro atoms. The predicted molar refractivity (Wildman–Crippen MR) is 102 cm³/mol. The zero-order valence-corrected chi connectivity index (χ0v) is 14.5. The number of guanidine groups is 1. The molecule has 0 saturated heterocycles. The second kappa shape index (κ2) is 8.33. The number of fused-ring (bicyclic) bond motifs is 1. The number of rotatable bonds is 5. The number of aliphatic imine (C=N–C) groups is 1. The Kier molecular flexibility index (Phi) is 5.67. The Morgan fingerprint density at radius 3 is 2.68 bits per heavy atom. The summed E-state index contributed by atoms with van der Waals surface area (Å²) < 4.78 is 0. The number of hydrogen-bond donors (Lipinski definition) is 3. The summed E-state index contributed by atoms with van der Waals surface area (Å²) in [5.41, 5.74) is 3.26. The average Bonchev–Trinajstić information content (AvgIpc) is 2.64. The lowest BCUT2D eigenvalue weighted by Gasteiger charge is -2.26. The van der Waals surface area contributed by atoms with Gasteiger partial charge in [-0.3, -0.25) is 4.79 Å². The van der Waals surface area contributed by atoms with Gasteiger partial charge in [0.2, 0.25) is 5.91 Å². The Morgan fingerprint density at radius 2 is 1.88 bits per heavy atom. The van der Waals surface area contributed by atoms with E-state index in [9.17, 15) is 4.79 Å². The van der Waals surface area contributed by atoms with Crippen molar-refractivity contribution < 1.29 is 4.79 Å². The minimum absolute atomic E-state index is 0.0664. The van der Waals surface area contributed by atoms with Crippen molar-refractivity contribution in [2.45, 2.75) is 25.8 Å². The zero-order chi connectivity index (χ0) is 17.5. The van der Waals surface area contributed by atoms with Gasteiger partial charge in [-0.2, -0.15) is 0 Å². The standard InChI is InChI=1S/C20H24N4O/c1-2-21-20(22-13-15-8-4-3-5-9-15)23-14-16-12-19(25)24-18-11-7-6-10-17(16)18/h3-11,16H,2,12-14H2,1H3,(H,24,25)(H2,21,22,23).